The van der Waals surface area contributed by atoms with Crippen LogP contribution in [0.1, 0.15) is 51.9 Å². The molecule has 0 aliphatic heterocycles. The Morgan fingerprint density at radius 2 is 1.85 bits per heavy atom. The fourth-order valence-electron chi connectivity index (χ4n) is 2.44. The lowest BCUT2D eigenvalue weighted by atomic mass is 10.1. The van der Waals surface area contributed by atoms with E-state index in [1.165, 1.54) is 0 Å². The standard InChI is InChI=1S/C15H27NO4/c1-12(16-15(18)13-7-3-4-8-13)11-14(17)20-10-6-5-9-19-2/h12-13H,3-11H2,1-2H3,(H,16,18). The maximum atomic E-state index is 11.9. The summed E-state index contributed by atoms with van der Waals surface area (Å²) in [7, 11) is 1.65. The van der Waals surface area contributed by atoms with Crippen LogP contribution in [0.4, 0.5) is 0 Å². The van der Waals surface area contributed by atoms with Crippen molar-refractivity contribution in [3.8, 4) is 0 Å². The molecule has 1 rings (SSSR count). The Hall–Kier alpha value is -1.10. The molecule has 1 N–H and O–H groups in total. The summed E-state index contributed by atoms with van der Waals surface area (Å²) in [6, 6.07) is -0.158. The molecule has 5 heteroatoms. The summed E-state index contributed by atoms with van der Waals surface area (Å²) in [5.74, 6) is -0.0213. The molecule has 0 bridgehead atoms. The van der Waals surface area contributed by atoms with Crippen LogP contribution in [-0.4, -0.2) is 38.2 Å². The lowest BCUT2D eigenvalue weighted by molar-refractivity contribution is -0.144. The molecule has 0 heterocycles. The first-order chi connectivity index (χ1) is 9.63. The molecule has 0 aromatic heterocycles. The Balaban J connectivity index is 2.09. The van der Waals surface area contributed by atoms with E-state index in [1.54, 1.807) is 7.11 Å². The molecule has 0 saturated heterocycles. The number of ether oxygens (including phenoxy) is 2. The number of amides is 1. The van der Waals surface area contributed by atoms with Crippen LogP contribution in [0.5, 0.6) is 0 Å². The minimum atomic E-state index is -0.248. The lowest BCUT2D eigenvalue weighted by Crippen LogP contribution is -2.38. The van der Waals surface area contributed by atoms with Gasteiger partial charge in [-0.25, -0.2) is 0 Å². The summed E-state index contributed by atoms with van der Waals surface area (Å²) in [5.41, 5.74) is 0. The molecule has 1 saturated carbocycles. The van der Waals surface area contributed by atoms with Crippen molar-refractivity contribution in [2.24, 2.45) is 5.92 Å². The van der Waals surface area contributed by atoms with E-state index in [1.807, 2.05) is 6.92 Å². The van der Waals surface area contributed by atoms with E-state index < -0.39 is 0 Å². The quantitative estimate of drug-likeness (QED) is 0.520. The zero-order chi connectivity index (χ0) is 14.8. The topological polar surface area (TPSA) is 64.6 Å². The van der Waals surface area contributed by atoms with Gasteiger partial charge in [-0.2, -0.15) is 0 Å². The molecule has 1 fully saturated rings. The second kappa shape index (κ2) is 9.75. The normalized spacial score (nSPS) is 16.9. The Kier molecular flexibility index (Phi) is 8.26. The van der Waals surface area contributed by atoms with Crippen molar-refractivity contribution in [1.82, 2.24) is 5.32 Å². The van der Waals surface area contributed by atoms with Gasteiger partial charge >= 0.3 is 5.97 Å². The van der Waals surface area contributed by atoms with Crippen molar-refractivity contribution < 1.29 is 19.1 Å². The van der Waals surface area contributed by atoms with Crippen molar-refractivity contribution in [1.29, 1.82) is 0 Å². The SMILES string of the molecule is COCCCCOC(=O)CC(C)NC(=O)C1CCCC1. The van der Waals surface area contributed by atoms with Crippen LogP contribution in [0.3, 0.4) is 0 Å². The maximum Gasteiger partial charge on any atom is 0.307 e. The molecule has 1 atom stereocenters. The van der Waals surface area contributed by atoms with Crippen LogP contribution in [0.2, 0.25) is 0 Å². The Morgan fingerprint density at radius 3 is 2.50 bits per heavy atom. The van der Waals surface area contributed by atoms with Gasteiger partial charge in [0.2, 0.25) is 5.91 Å². The van der Waals surface area contributed by atoms with E-state index in [4.69, 9.17) is 9.47 Å². The molecule has 1 unspecified atom stereocenters. The highest BCUT2D eigenvalue weighted by Gasteiger charge is 2.24. The van der Waals surface area contributed by atoms with Gasteiger partial charge in [-0.15, -0.1) is 0 Å². The number of carbonyl (C=O) groups is 2. The van der Waals surface area contributed by atoms with Gasteiger partial charge in [0.1, 0.15) is 0 Å². The molecule has 1 amide bonds. The highest BCUT2D eigenvalue weighted by atomic mass is 16.5. The number of unbranched alkanes of at least 4 members (excludes halogenated alkanes) is 1. The van der Waals surface area contributed by atoms with Gasteiger partial charge in [-0.3, -0.25) is 9.59 Å². The number of esters is 1. The van der Waals surface area contributed by atoms with E-state index in [0.29, 0.717) is 13.2 Å². The van der Waals surface area contributed by atoms with E-state index in [9.17, 15) is 9.59 Å². The van der Waals surface area contributed by atoms with Crippen LogP contribution >= 0.6 is 0 Å². The molecular weight excluding hydrogens is 258 g/mol. The summed E-state index contributed by atoms with van der Waals surface area (Å²) < 4.78 is 10.0. The second-order valence-electron chi connectivity index (χ2n) is 5.52. The first-order valence-corrected chi connectivity index (χ1v) is 7.58. The van der Waals surface area contributed by atoms with Crippen molar-refractivity contribution >= 4 is 11.9 Å². The Morgan fingerprint density at radius 1 is 1.20 bits per heavy atom. The fraction of sp³-hybridized carbons (Fsp3) is 0.867. The minimum absolute atomic E-state index is 0.0860. The summed E-state index contributed by atoms with van der Waals surface area (Å²) in [4.78, 5) is 23.5. The molecule has 0 aromatic carbocycles. The highest BCUT2D eigenvalue weighted by Crippen LogP contribution is 2.24. The van der Waals surface area contributed by atoms with Gasteiger partial charge in [-0.05, 0) is 32.6 Å². The summed E-state index contributed by atoms with van der Waals surface area (Å²) in [6.45, 7) is 2.95. The van der Waals surface area contributed by atoms with E-state index >= 15 is 0 Å². The Labute approximate surface area is 121 Å². The largest absolute Gasteiger partial charge is 0.466 e. The minimum Gasteiger partial charge on any atom is -0.466 e. The third-order valence-corrected chi connectivity index (χ3v) is 3.59. The highest BCUT2D eigenvalue weighted by molar-refractivity contribution is 5.80. The summed E-state index contributed by atoms with van der Waals surface area (Å²) in [6.07, 6.45) is 6.15. The van der Waals surface area contributed by atoms with Gasteiger partial charge in [0.15, 0.2) is 0 Å². The first-order valence-electron chi connectivity index (χ1n) is 7.58. The zero-order valence-corrected chi connectivity index (χ0v) is 12.7. The number of hydrogen-bond donors (Lipinski definition) is 1. The average molecular weight is 285 g/mol. The Bertz CT molecular complexity index is 300. The molecule has 5 nitrogen and oxygen atoms in total. The number of hydrogen-bond acceptors (Lipinski definition) is 4. The third-order valence-electron chi connectivity index (χ3n) is 3.59. The molecule has 20 heavy (non-hydrogen) atoms. The zero-order valence-electron chi connectivity index (χ0n) is 12.7. The predicted molar refractivity (Wildman–Crippen MR) is 76.2 cm³/mol. The molecule has 1 aliphatic rings. The van der Waals surface area contributed by atoms with Crippen LogP contribution in [-0.2, 0) is 19.1 Å². The number of nitrogens with one attached hydrogen (secondary N) is 1. The van der Waals surface area contributed by atoms with Crippen LogP contribution in [0, 0.1) is 5.92 Å². The fourth-order valence-corrected chi connectivity index (χ4v) is 2.44. The average Bonchev–Trinajstić information content (AvgIpc) is 2.92. The van der Waals surface area contributed by atoms with Crippen molar-refractivity contribution in [2.45, 2.75) is 57.9 Å². The smallest absolute Gasteiger partial charge is 0.307 e. The molecule has 0 spiro atoms. The van der Waals surface area contributed by atoms with Gasteiger partial charge in [0.25, 0.3) is 0 Å². The van der Waals surface area contributed by atoms with Crippen molar-refractivity contribution in [3.63, 3.8) is 0 Å². The van der Waals surface area contributed by atoms with Crippen molar-refractivity contribution in [2.75, 3.05) is 20.3 Å². The number of carbonyl (C=O) groups excluding carboxylic acids is 2. The maximum absolute atomic E-state index is 11.9. The molecule has 116 valence electrons. The van der Waals surface area contributed by atoms with Gasteiger partial charge in [0.05, 0.1) is 13.0 Å². The third kappa shape index (κ3) is 6.89. The molecule has 0 aromatic rings. The monoisotopic (exact) mass is 285 g/mol. The summed E-state index contributed by atoms with van der Waals surface area (Å²) in [5, 5.41) is 2.90. The van der Waals surface area contributed by atoms with E-state index in [0.717, 1.165) is 38.5 Å². The first kappa shape index (κ1) is 17.0. The van der Waals surface area contributed by atoms with Crippen LogP contribution in [0.25, 0.3) is 0 Å². The lowest BCUT2D eigenvalue weighted by Gasteiger charge is -2.16. The van der Waals surface area contributed by atoms with Crippen molar-refractivity contribution in [3.05, 3.63) is 0 Å². The predicted octanol–water partition coefficient (Wildman–Crippen LogP) is 2.04. The molecule has 1 aliphatic carbocycles. The number of rotatable bonds is 9. The van der Waals surface area contributed by atoms with E-state index in [2.05, 4.69) is 5.32 Å². The number of methoxy groups -OCH3 is 1. The van der Waals surface area contributed by atoms with E-state index in [-0.39, 0.29) is 30.3 Å². The van der Waals surface area contributed by atoms with Gasteiger partial charge < -0.3 is 14.8 Å². The van der Waals surface area contributed by atoms with Crippen LogP contribution < -0.4 is 5.32 Å². The van der Waals surface area contributed by atoms with Gasteiger partial charge in [0, 0.05) is 25.7 Å². The molecular formula is C15H27NO4. The summed E-state index contributed by atoms with van der Waals surface area (Å²) >= 11 is 0. The van der Waals surface area contributed by atoms with Gasteiger partial charge in [-0.1, -0.05) is 12.8 Å². The van der Waals surface area contributed by atoms with Crippen LogP contribution in [0.15, 0.2) is 0 Å². The molecule has 0 radical (unpaired) electrons. The second-order valence-corrected chi connectivity index (χ2v) is 5.52.